The van der Waals surface area contributed by atoms with E-state index in [1.807, 2.05) is 18.2 Å². The standard InChI is InChI=1S/C13H23N3O/c1-3-5-11(8-9-14)10-15-12-6-4-7-13(16-12)17-2/h4,6-7,11H,3,5,8-10,14H2,1-2H3,(H,15,16). The van der Waals surface area contributed by atoms with E-state index < -0.39 is 0 Å². The van der Waals surface area contributed by atoms with E-state index in [9.17, 15) is 0 Å². The van der Waals surface area contributed by atoms with E-state index in [1.54, 1.807) is 7.11 Å². The molecule has 4 nitrogen and oxygen atoms in total. The minimum atomic E-state index is 0.623. The zero-order chi connectivity index (χ0) is 12.5. The molecule has 0 saturated carbocycles. The third kappa shape index (κ3) is 5.04. The number of hydrogen-bond donors (Lipinski definition) is 2. The maximum Gasteiger partial charge on any atom is 0.214 e. The Morgan fingerprint density at radius 2 is 2.24 bits per heavy atom. The number of methoxy groups -OCH3 is 1. The van der Waals surface area contributed by atoms with Crippen LogP contribution in [0.2, 0.25) is 0 Å². The van der Waals surface area contributed by atoms with Crippen molar-refractivity contribution in [1.29, 1.82) is 0 Å². The Balaban J connectivity index is 2.46. The highest BCUT2D eigenvalue weighted by atomic mass is 16.5. The number of ether oxygens (including phenoxy) is 1. The molecule has 0 fully saturated rings. The minimum absolute atomic E-state index is 0.623. The average molecular weight is 237 g/mol. The van der Waals surface area contributed by atoms with Gasteiger partial charge in [-0.2, -0.15) is 4.98 Å². The summed E-state index contributed by atoms with van der Waals surface area (Å²) in [6.45, 7) is 3.87. The number of aromatic nitrogens is 1. The van der Waals surface area contributed by atoms with Gasteiger partial charge in [0, 0.05) is 12.6 Å². The number of hydrogen-bond acceptors (Lipinski definition) is 4. The molecule has 0 bridgehead atoms. The quantitative estimate of drug-likeness (QED) is 0.728. The van der Waals surface area contributed by atoms with Crippen LogP contribution >= 0.6 is 0 Å². The minimum Gasteiger partial charge on any atom is -0.481 e. The molecule has 3 N–H and O–H groups in total. The third-order valence-corrected chi connectivity index (χ3v) is 2.78. The van der Waals surface area contributed by atoms with Crippen molar-refractivity contribution in [1.82, 2.24) is 4.98 Å². The van der Waals surface area contributed by atoms with Crippen LogP contribution < -0.4 is 15.8 Å². The molecule has 96 valence electrons. The van der Waals surface area contributed by atoms with E-state index >= 15 is 0 Å². The largest absolute Gasteiger partial charge is 0.481 e. The molecule has 0 spiro atoms. The van der Waals surface area contributed by atoms with Crippen molar-refractivity contribution < 1.29 is 4.74 Å². The van der Waals surface area contributed by atoms with Crippen LogP contribution in [0.4, 0.5) is 5.82 Å². The van der Waals surface area contributed by atoms with Crippen LogP contribution in [0.3, 0.4) is 0 Å². The molecule has 1 atom stereocenters. The van der Waals surface area contributed by atoms with Gasteiger partial charge < -0.3 is 15.8 Å². The second-order valence-electron chi connectivity index (χ2n) is 4.18. The molecule has 0 amide bonds. The SMILES string of the molecule is CCCC(CCN)CNc1cccc(OC)n1. The summed E-state index contributed by atoms with van der Waals surface area (Å²) in [6.07, 6.45) is 3.46. The zero-order valence-corrected chi connectivity index (χ0v) is 10.8. The van der Waals surface area contributed by atoms with Gasteiger partial charge in [-0.05, 0) is 31.4 Å². The Morgan fingerprint density at radius 1 is 1.41 bits per heavy atom. The first-order chi connectivity index (χ1) is 8.30. The number of rotatable bonds is 8. The van der Waals surface area contributed by atoms with E-state index in [1.165, 1.54) is 12.8 Å². The highest BCUT2D eigenvalue weighted by Crippen LogP contribution is 2.14. The molecular weight excluding hydrogens is 214 g/mol. The average Bonchev–Trinajstić information content (AvgIpc) is 2.37. The van der Waals surface area contributed by atoms with Gasteiger partial charge >= 0.3 is 0 Å². The van der Waals surface area contributed by atoms with Gasteiger partial charge in [-0.15, -0.1) is 0 Å². The van der Waals surface area contributed by atoms with Gasteiger partial charge in [-0.3, -0.25) is 0 Å². The molecule has 1 rings (SSSR count). The Bertz CT molecular complexity index is 311. The highest BCUT2D eigenvalue weighted by Gasteiger charge is 2.07. The van der Waals surface area contributed by atoms with E-state index in [0.29, 0.717) is 11.8 Å². The first kappa shape index (κ1) is 13.8. The summed E-state index contributed by atoms with van der Waals surface area (Å²) in [7, 11) is 1.63. The number of nitrogens with two attached hydrogens (primary N) is 1. The molecule has 4 heteroatoms. The molecule has 0 aliphatic heterocycles. The fourth-order valence-electron chi connectivity index (χ4n) is 1.87. The van der Waals surface area contributed by atoms with Gasteiger partial charge in [0.15, 0.2) is 0 Å². The van der Waals surface area contributed by atoms with Gasteiger partial charge in [-0.1, -0.05) is 19.4 Å². The van der Waals surface area contributed by atoms with Crippen LogP contribution in [0.5, 0.6) is 5.88 Å². The van der Waals surface area contributed by atoms with E-state index in [4.69, 9.17) is 10.5 Å². The Kier molecular flexibility index (Phi) is 6.40. The molecular formula is C13H23N3O. The van der Waals surface area contributed by atoms with E-state index in [-0.39, 0.29) is 0 Å². The zero-order valence-electron chi connectivity index (χ0n) is 10.8. The lowest BCUT2D eigenvalue weighted by atomic mass is 10.00. The van der Waals surface area contributed by atoms with Gasteiger partial charge in [0.05, 0.1) is 7.11 Å². The van der Waals surface area contributed by atoms with Crippen LogP contribution in [0.1, 0.15) is 26.2 Å². The van der Waals surface area contributed by atoms with Crippen LogP contribution in [-0.2, 0) is 0 Å². The second kappa shape index (κ2) is 7.90. The summed E-state index contributed by atoms with van der Waals surface area (Å²) in [5.74, 6) is 2.13. The highest BCUT2D eigenvalue weighted by molar-refractivity contribution is 5.36. The van der Waals surface area contributed by atoms with Crippen LogP contribution in [0, 0.1) is 5.92 Å². The summed E-state index contributed by atoms with van der Waals surface area (Å²) >= 11 is 0. The number of nitrogens with zero attached hydrogens (tertiary/aromatic N) is 1. The van der Waals surface area contributed by atoms with Crippen molar-refractivity contribution in [3.05, 3.63) is 18.2 Å². The second-order valence-corrected chi connectivity index (χ2v) is 4.18. The van der Waals surface area contributed by atoms with Gasteiger partial charge in [0.2, 0.25) is 5.88 Å². The molecule has 0 radical (unpaired) electrons. The summed E-state index contributed by atoms with van der Waals surface area (Å²) in [4.78, 5) is 4.32. The summed E-state index contributed by atoms with van der Waals surface area (Å²) in [5.41, 5.74) is 5.61. The molecule has 1 aromatic heterocycles. The van der Waals surface area contributed by atoms with Crippen LogP contribution in [0.25, 0.3) is 0 Å². The predicted octanol–water partition coefficient (Wildman–Crippen LogP) is 2.27. The number of nitrogens with one attached hydrogen (secondary N) is 1. The van der Waals surface area contributed by atoms with Crippen molar-refractivity contribution in [3.8, 4) is 5.88 Å². The topological polar surface area (TPSA) is 60.2 Å². The smallest absolute Gasteiger partial charge is 0.214 e. The predicted molar refractivity (Wildman–Crippen MR) is 71.3 cm³/mol. The van der Waals surface area contributed by atoms with Crippen molar-refractivity contribution in [3.63, 3.8) is 0 Å². The lowest BCUT2D eigenvalue weighted by molar-refractivity contribution is 0.398. The molecule has 0 saturated heterocycles. The lowest BCUT2D eigenvalue weighted by Gasteiger charge is -2.16. The molecule has 1 aromatic rings. The number of anilines is 1. The van der Waals surface area contributed by atoms with Crippen LogP contribution in [0.15, 0.2) is 18.2 Å². The third-order valence-electron chi connectivity index (χ3n) is 2.78. The summed E-state index contributed by atoms with van der Waals surface area (Å²) in [5, 5.41) is 3.34. The Labute approximate surface area is 104 Å². The maximum atomic E-state index is 5.61. The van der Waals surface area contributed by atoms with Crippen molar-refractivity contribution in [2.24, 2.45) is 11.7 Å². The van der Waals surface area contributed by atoms with Crippen LogP contribution in [-0.4, -0.2) is 25.2 Å². The molecule has 1 unspecified atom stereocenters. The Morgan fingerprint density at radius 3 is 2.88 bits per heavy atom. The van der Waals surface area contributed by atoms with E-state index in [2.05, 4.69) is 17.2 Å². The van der Waals surface area contributed by atoms with Gasteiger partial charge in [0.1, 0.15) is 5.82 Å². The van der Waals surface area contributed by atoms with Gasteiger partial charge in [0.25, 0.3) is 0 Å². The van der Waals surface area contributed by atoms with Crippen molar-refractivity contribution in [2.45, 2.75) is 26.2 Å². The Hall–Kier alpha value is -1.29. The fraction of sp³-hybridized carbons (Fsp3) is 0.615. The number of pyridine rings is 1. The molecule has 17 heavy (non-hydrogen) atoms. The van der Waals surface area contributed by atoms with E-state index in [0.717, 1.165) is 25.3 Å². The summed E-state index contributed by atoms with van der Waals surface area (Å²) < 4.78 is 5.09. The van der Waals surface area contributed by atoms with Crippen molar-refractivity contribution in [2.75, 3.05) is 25.5 Å². The molecule has 0 aliphatic rings. The van der Waals surface area contributed by atoms with Crippen molar-refractivity contribution >= 4 is 5.82 Å². The monoisotopic (exact) mass is 237 g/mol. The normalized spacial score (nSPS) is 12.2. The van der Waals surface area contributed by atoms with Gasteiger partial charge in [-0.25, -0.2) is 0 Å². The first-order valence-corrected chi connectivity index (χ1v) is 6.25. The molecule has 0 aliphatic carbocycles. The molecule has 0 aromatic carbocycles. The molecule has 1 heterocycles. The maximum absolute atomic E-state index is 5.61. The summed E-state index contributed by atoms with van der Waals surface area (Å²) in [6, 6.07) is 5.73. The fourth-order valence-corrected chi connectivity index (χ4v) is 1.87. The first-order valence-electron chi connectivity index (χ1n) is 6.25. The lowest BCUT2D eigenvalue weighted by Crippen LogP contribution is -2.18.